The van der Waals surface area contributed by atoms with Crippen LogP contribution in [0.5, 0.6) is 0 Å². The normalized spacial score (nSPS) is 11.4. The minimum Gasteiger partial charge on any atom is -0.321 e. The van der Waals surface area contributed by atoms with Gasteiger partial charge in [0.1, 0.15) is 10.3 Å². The van der Waals surface area contributed by atoms with Gasteiger partial charge in [0.15, 0.2) is 0 Å². The Morgan fingerprint density at radius 1 is 1.07 bits per heavy atom. The van der Waals surface area contributed by atoms with Gasteiger partial charge in [0.25, 0.3) is 5.91 Å². The molecule has 0 fully saturated rings. The van der Waals surface area contributed by atoms with E-state index in [-0.39, 0.29) is 15.9 Å². The summed E-state index contributed by atoms with van der Waals surface area (Å²) in [7, 11) is 0. The van der Waals surface area contributed by atoms with Crippen molar-refractivity contribution in [1.29, 1.82) is 0 Å². The number of hydrogen-bond acceptors (Lipinski definition) is 3. The Hall–Kier alpha value is -2.64. The lowest BCUT2D eigenvalue weighted by Crippen LogP contribution is -2.14. The first-order valence-electron chi connectivity index (χ1n) is 7.92. The van der Waals surface area contributed by atoms with Crippen molar-refractivity contribution >= 4 is 34.8 Å². The third kappa shape index (κ3) is 4.61. The van der Waals surface area contributed by atoms with E-state index in [9.17, 15) is 18.0 Å². The molecule has 0 saturated carbocycles. The van der Waals surface area contributed by atoms with Gasteiger partial charge in [-0.1, -0.05) is 29.3 Å². The summed E-state index contributed by atoms with van der Waals surface area (Å²) in [6.07, 6.45) is -3.12. The third-order valence-corrected chi connectivity index (χ3v) is 4.26. The minimum absolute atomic E-state index is 0.119. The molecule has 0 aliphatic rings. The van der Waals surface area contributed by atoms with Gasteiger partial charge in [-0.25, -0.2) is 4.98 Å². The van der Waals surface area contributed by atoms with Crippen molar-refractivity contribution in [2.75, 3.05) is 5.32 Å². The first-order valence-corrected chi connectivity index (χ1v) is 8.68. The van der Waals surface area contributed by atoms with E-state index in [4.69, 9.17) is 23.2 Å². The van der Waals surface area contributed by atoms with Crippen LogP contribution >= 0.6 is 23.2 Å². The Morgan fingerprint density at radius 2 is 1.75 bits per heavy atom. The lowest BCUT2D eigenvalue weighted by Gasteiger charge is -2.11. The highest BCUT2D eigenvalue weighted by molar-refractivity contribution is 6.32. The maximum absolute atomic E-state index is 12.8. The van der Waals surface area contributed by atoms with Crippen molar-refractivity contribution in [2.24, 2.45) is 0 Å². The Kier molecular flexibility index (Phi) is 5.58. The summed E-state index contributed by atoms with van der Waals surface area (Å²) >= 11 is 11.9. The number of pyridine rings is 2. The number of carbonyl (C=O) groups is 1. The van der Waals surface area contributed by atoms with Crippen LogP contribution < -0.4 is 5.32 Å². The molecule has 2 aromatic heterocycles. The number of rotatable bonds is 3. The van der Waals surface area contributed by atoms with Crippen LogP contribution in [0.25, 0.3) is 11.1 Å². The number of halogens is 5. The molecule has 1 amide bonds. The zero-order chi connectivity index (χ0) is 20.5. The molecule has 0 aliphatic carbocycles. The summed E-state index contributed by atoms with van der Waals surface area (Å²) in [5.74, 6) is -0.687. The van der Waals surface area contributed by atoms with E-state index in [1.165, 1.54) is 18.3 Å². The minimum atomic E-state index is -4.53. The first kappa shape index (κ1) is 20.1. The maximum atomic E-state index is 12.8. The summed E-state index contributed by atoms with van der Waals surface area (Å²) in [5, 5.41) is 2.94. The second-order valence-electron chi connectivity index (χ2n) is 5.89. The van der Waals surface area contributed by atoms with Crippen LogP contribution in [0, 0.1) is 6.92 Å². The Labute approximate surface area is 168 Å². The van der Waals surface area contributed by atoms with E-state index >= 15 is 0 Å². The molecule has 2 heterocycles. The standard InChI is InChI=1S/C19H12Cl2F3N3O/c1-10-15(12-6-16(20)27-17(21)7-12)8-14(9-25-10)26-18(28)11-3-2-4-13(5-11)19(22,23)24/h2-9H,1H3,(H,26,28). The van der Waals surface area contributed by atoms with Crippen LogP contribution in [-0.4, -0.2) is 15.9 Å². The average Bonchev–Trinajstić information content (AvgIpc) is 2.62. The molecule has 0 unspecified atom stereocenters. The van der Waals surface area contributed by atoms with Crippen LogP contribution in [-0.2, 0) is 6.18 Å². The van der Waals surface area contributed by atoms with Gasteiger partial charge in [-0.15, -0.1) is 0 Å². The number of benzene rings is 1. The number of alkyl halides is 3. The maximum Gasteiger partial charge on any atom is 0.416 e. The van der Waals surface area contributed by atoms with Crippen LogP contribution in [0.1, 0.15) is 21.6 Å². The summed E-state index contributed by atoms with van der Waals surface area (Å²) in [6.45, 7) is 1.76. The summed E-state index contributed by atoms with van der Waals surface area (Å²) in [6, 6.07) is 8.99. The van der Waals surface area contributed by atoms with Crippen molar-refractivity contribution in [3.63, 3.8) is 0 Å². The molecule has 3 rings (SSSR count). The van der Waals surface area contributed by atoms with Crippen LogP contribution in [0.15, 0.2) is 48.7 Å². The quantitative estimate of drug-likeness (QED) is 0.521. The van der Waals surface area contributed by atoms with Crippen molar-refractivity contribution in [2.45, 2.75) is 13.1 Å². The lowest BCUT2D eigenvalue weighted by molar-refractivity contribution is -0.137. The van der Waals surface area contributed by atoms with Gasteiger partial charge in [0, 0.05) is 16.8 Å². The topological polar surface area (TPSA) is 54.9 Å². The van der Waals surface area contributed by atoms with Crippen molar-refractivity contribution < 1.29 is 18.0 Å². The molecule has 1 aromatic carbocycles. The SMILES string of the molecule is Cc1ncc(NC(=O)c2cccc(C(F)(F)F)c2)cc1-c1cc(Cl)nc(Cl)c1. The highest BCUT2D eigenvalue weighted by Gasteiger charge is 2.30. The monoisotopic (exact) mass is 425 g/mol. The Morgan fingerprint density at radius 3 is 2.39 bits per heavy atom. The van der Waals surface area contributed by atoms with Gasteiger partial charge in [0.2, 0.25) is 0 Å². The van der Waals surface area contributed by atoms with E-state index in [0.29, 0.717) is 22.5 Å². The Balaban J connectivity index is 1.90. The van der Waals surface area contributed by atoms with Gasteiger partial charge in [-0.2, -0.15) is 13.2 Å². The molecule has 0 atom stereocenters. The molecule has 3 aromatic rings. The molecule has 28 heavy (non-hydrogen) atoms. The molecular formula is C19H12Cl2F3N3O. The first-order chi connectivity index (χ1) is 13.1. The highest BCUT2D eigenvalue weighted by atomic mass is 35.5. The van der Waals surface area contributed by atoms with Gasteiger partial charge in [-0.3, -0.25) is 9.78 Å². The smallest absolute Gasteiger partial charge is 0.321 e. The fourth-order valence-electron chi connectivity index (χ4n) is 2.55. The van der Waals surface area contributed by atoms with Crippen LogP contribution in [0.2, 0.25) is 10.3 Å². The molecule has 0 saturated heterocycles. The van der Waals surface area contributed by atoms with Gasteiger partial charge in [0.05, 0.1) is 17.4 Å². The number of aryl methyl sites for hydroxylation is 1. The summed E-state index contributed by atoms with van der Waals surface area (Å²) < 4.78 is 38.5. The molecule has 4 nitrogen and oxygen atoms in total. The lowest BCUT2D eigenvalue weighted by atomic mass is 10.1. The number of aromatic nitrogens is 2. The van der Waals surface area contributed by atoms with E-state index in [1.807, 2.05) is 0 Å². The molecule has 0 bridgehead atoms. The van der Waals surface area contributed by atoms with E-state index in [1.54, 1.807) is 25.1 Å². The number of nitrogens with zero attached hydrogens (tertiary/aromatic N) is 2. The number of carbonyl (C=O) groups excluding carboxylic acids is 1. The van der Waals surface area contributed by atoms with Crippen LogP contribution in [0.4, 0.5) is 18.9 Å². The zero-order valence-corrected chi connectivity index (χ0v) is 15.8. The third-order valence-electron chi connectivity index (χ3n) is 3.87. The zero-order valence-electron chi connectivity index (χ0n) is 14.3. The fraction of sp³-hybridized carbons (Fsp3) is 0.105. The molecule has 144 valence electrons. The molecule has 1 N–H and O–H groups in total. The summed E-state index contributed by atoms with van der Waals surface area (Å²) in [4.78, 5) is 20.5. The second-order valence-corrected chi connectivity index (χ2v) is 6.67. The fourth-order valence-corrected chi connectivity index (χ4v) is 3.01. The van der Waals surface area contributed by atoms with Gasteiger partial charge < -0.3 is 5.32 Å². The van der Waals surface area contributed by atoms with E-state index < -0.39 is 17.6 Å². The van der Waals surface area contributed by atoms with Crippen LogP contribution in [0.3, 0.4) is 0 Å². The summed E-state index contributed by atoms with van der Waals surface area (Å²) in [5.41, 5.74) is 1.23. The van der Waals surface area contributed by atoms with E-state index in [0.717, 1.165) is 12.1 Å². The van der Waals surface area contributed by atoms with Crippen molar-refractivity contribution in [1.82, 2.24) is 9.97 Å². The molecule has 0 radical (unpaired) electrons. The average molecular weight is 426 g/mol. The predicted octanol–water partition coefficient (Wildman–Crippen LogP) is 6.03. The highest BCUT2D eigenvalue weighted by Crippen LogP contribution is 2.31. The van der Waals surface area contributed by atoms with E-state index in [2.05, 4.69) is 15.3 Å². The number of nitrogens with one attached hydrogen (secondary N) is 1. The number of amides is 1. The van der Waals surface area contributed by atoms with Crippen molar-refractivity contribution in [3.05, 3.63) is 75.8 Å². The largest absolute Gasteiger partial charge is 0.416 e. The number of hydrogen-bond donors (Lipinski definition) is 1. The molecule has 0 aliphatic heterocycles. The molecule has 9 heteroatoms. The van der Waals surface area contributed by atoms with Gasteiger partial charge in [-0.05, 0) is 48.9 Å². The number of anilines is 1. The molecule has 0 spiro atoms. The molecular weight excluding hydrogens is 414 g/mol. The predicted molar refractivity (Wildman–Crippen MR) is 102 cm³/mol. The van der Waals surface area contributed by atoms with Gasteiger partial charge >= 0.3 is 6.18 Å². The Bertz CT molecular complexity index is 1030. The second kappa shape index (κ2) is 7.77. The van der Waals surface area contributed by atoms with Crippen molar-refractivity contribution in [3.8, 4) is 11.1 Å².